The van der Waals surface area contributed by atoms with E-state index < -0.39 is 72.4 Å². The number of carbonyl (C=O) groups is 7. The maximum absolute atomic E-state index is 14.2. The van der Waals surface area contributed by atoms with Crippen molar-refractivity contribution in [3.63, 3.8) is 0 Å². The molecule has 422 valence electrons. The summed E-state index contributed by atoms with van der Waals surface area (Å²) in [5.74, 6) is -2.72. The molecular weight excluding hydrogens is 1020 g/mol. The number of anilines is 2. The van der Waals surface area contributed by atoms with Gasteiger partial charge in [-0.1, -0.05) is 74.6 Å². The smallest absolute Gasteiger partial charge is 0.416 e. The van der Waals surface area contributed by atoms with Crippen LogP contribution in [0.5, 0.6) is 17.2 Å². The third kappa shape index (κ3) is 13.3. The first-order valence-corrected chi connectivity index (χ1v) is 26.2. The number of benzene rings is 3. The van der Waals surface area contributed by atoms with Gasteiger partial charge in [-0.25, -0.2) is 24.2 Å². The molecule has 0 fully saturated rings. The lowest BCUT2D eigenvalue weighted by atomic mass is 9.99. The van der Waals surface area contributed by atoms with Crippen LogP contribution in [0.4, 0.5) is 21.0 Å². The van der Waals surface area contributed by atoms with Crippen molar-refractivity contribution in [1.82, 2.24) is 20.4 Å². The van der Waals surface area contributed by atoms with Gasteiger partial charge < -0.3 is 59.1 Å². The van der Waals surface area contributed by atoms with E-state index in [1.165, 1.54) is 41.2 Å². The molecule has 4 heterocycles. The maximum Gasteiger partial charge on any atom is 0.416 e. The number of nitrogens with zero attached hydrogens (tertiary/aromatic N) is 4. The number of ketones is 1. The van der Waals surface area contributed by atoms with Gasteiger partial charge >= 0.3 is 18.2 Å². The van der Waals surface area contributed by atoms with Crippen molar-refractivity contribution in [2.45, 2.75) is 123 Å². The number of unbranched alkanes of at least 4 members (excludes halogenated alkanes) is 2. The van der Waals surface area contributed by atoms with Crippen molar-refractivity contribution in [3.8, 4) is 17.2 Å². The Labute approximate surface area is 459 Å². The van der Waals surface area contributed by atoms with Crippen molar-refractivity contribution < 1.29 is 72.2 Å². The normalized spacial score (nSPS) is 19.1. The highest BCUT2D eigenvalue weighted by molar-refractivity contribution is 6.36. The van der Waals surface area contributed by atoms with E-state index in [9.17, 15) is 43.8 Å². The molecule has 3 aromatic carbocycles. The molecule has 0 aromatic heterocycles. The first kappa shape index (κ1) is 58.7. The SMILES string of the molecule is C=CCOC(=O)C(=O)[C@@H](NC(=O)[C@H](C)NCc1ccc(COC(=O)N2c3cc(OCCCCCOc4cc5c(cc4C)C(=O)N4C=C(C)C[C@H]4[C@H](O)N5C(=O)OCC=C)c(OC)cc3C(=O)N3C=C(C)C[C@H]3[C@@H]2O)cc1)C(C)C. The molecule has 0 aliphatic carbocycles. The number of aliphatic hydroxyl groups excluding tert-OH is 2. The topological polar surface area (TPSA) is 252 Å². The molecule has 0 bridgehead atoms. The average Bonchev–Trinajstić information content (AvgIpc) is 4.10. The van der Waals surface area contributed by atoms with E-state index in [1.807, 2.05) is 13.8 Å². The Bertz CT molecular complexity index is 2900. The minimum Gasteiger partial charge on any atom is -0.493 e. The average molecular weight is 1090 g/mol. The van der Waals surface area contributed by atoms with Gasteiger partial charge in [0.25, 0.3) is 17.6 Å². The van der Waals surface area contributed by atoms with Gasteiger partial charge in [-0.3, -0.25) is 19.2 Å². The van der Waals surface area contributed by atoms with Crippen molar-refractivity contribution in [2.24, 2.45) is 5.92 Å². The van der Waals surface area contributed by atoms with Crippen LogP contribution >= 0.6 is 0 Å². The molecule has 0 radical (unpaired) electrons. The second-order valence-corrected chi connectivity index (χ2v) is 20.2. The number of Topliss-reactive ketones (excluding diaryl/α,β-unsaturated/α-hetero) is 1. The Morgan fingerprint density at radius 3 is 1.77 bits per heavy atom. The fourth-order valence-electron chi connectivity index (χ4n) is 9.68. The third-order valence-electron chi connectivity index (χ3n) is 13.9. The van der Waals surface area contributed by atoms with Gasteiger partial charge in [-0.15, -0.1) is 0 Å². The number of carbonyl (C=O) groups excluding carboxylic acids is 7. The number of aliphatic hydroxyl groups is 2. The van der Waals surface area contributed by atoms with Crippen molar-refractivity contribution >= 4 is 53.0 Å². The molecule has 21 heteroatoms. The first-order chi connectivity index (χ1) is 37.8. The van der Waals surface area contributed by atoms with Crippen molar-refractivity contribution in [1.29, 1.82) is 0 Å². The molecule has 4 aliphatic rings. The van der Waals surface area contributed by atoms with E-state index in [0.717, 1.165) is 26.5 Å². The van der Waals surface area contributed by atoms with Crippen LogP contribution in [0.2, 0.25) is 0 Å². The molecule has 79 heavy (non-hydrogen) atoms. The molecule has 3 aromatic rings. The highest BCUT2D eigenvalue weighted by Crippen LogP contribution is 2.43. The minimum atomic E-state index is -1.51. The second-order valence-electron chi connectivity index (χ2n) is 20.2. The predicted octanol–water partition coefficient (Wildman–Crippen LogP) is 6.72. The molecule has 7 rings (SSSR count). The largest absolute Gasteiger partial charge is 0.493 e. The number of fused-ring (bicyclic) bond motifs is 4. The van der Waals surface area contributed by atoms with E-state index in [-0.39, 0.29) is 85.4 Å². The zero-order valence-corrected chi connectivity index (χ0v) is 45.7. The molecule has 4 aliphatic heterocycles. The molecule has 0 spiro atoms. The van der Waals surface area contributed by atoms with Gasteiger partial charge in [0, 0.05) is 31.1 Å². The van der Waals surface area contributed by atoms with Crippen LogP contribution in [-0.4, -0.2) is 132 Å². The van der Waals surface area contributed by atoms with Crippen LogP contribution < -0.4 is 34.6 Å². The lowest BCUT2D eigenvalue weighted by Gasteiger charge is -2.31. The number of hydrogen-bond acceptors (Lipinski definition) is 16. The number of nitrogens with one attached hydrogen (secondary N) is 2. The van der Waals surface area contributed by atoms with Gasteiger partial charge in [0.2, 0.25) is 5.91 Å². The predicted molar refractivity (Wildman–Crippen MR) is 290 cm³/mol. The zero-order chi connectivity index (χ0) is 57.2. The Morgan fingerprint density at radius 1 is 0.696 bits per heavy atom. The summed E-state index contributed by atoms with van der Waals surface area (Å²) in [4.78, 5) is 98.5. The van der Waals surface area contributed by atoms with Gasteiger partial charge in [0.15, 0.2) is 24.0 Å². The van der Waals surface area contributed by atoms with Crippen molar-refractivity contribution in [2.75, 3.05) is 43.3 Å². The third-order valence-corrected chi connectivity index (χ3v) is 13.9. The van der Waals surface area contributed by atoms with E-state index in [0.29, 0.717) is 49.0 Å². The van der Waals surface area contributed by atoms with Gasteiger partial charge in [0.1, 0.15) is 31.6 Å². The lowest BCUT2D eigenvalue weighted by Crippen LogP contribution is -2.52. The summed E-state index contributed by atoms with van der Waals surface area (Å²) in [6.45, 7) is 17.9. The number of hydrogen-bond donors (Lipinski definition) is 4. The molecule has 0 saturated heterocycles. The molecule has 21 nitrogen and oxygen atoms in total. The fraction of sp³-hybridized carbons (Fsp3) is 0.431. The summed E-state index contributed by atoms with van der Waals surface area (Å²) in [5, 5.41) is 29.2. The minimum absolute atomic E-state index is 0.0632. The van der Waals surface area contributed by atoms with E-state index in [1.54, 1.807) is 76.5 Å². The number of methoxy groups -OCH3 is 1. The standard InChI is InChI=1S/C58H70N6O15/c1-10-19-77-56(71)50(65)49(33(3)4)60-51(66)37(8)59-29-38-15-17-39(18-16-38)32-79-58(73)64-43-28-48(47(74-9)26-41(43)53(68)62-31-35(6)24-45(62)55(64)70)76-22-14-12-13-21-75-46-27-42-40(25-36(46)7)52(67)61-30-34(5)23-44(61)54(69)63(42)57(72)78-20-11-2/h10-11,15-18,25-28,30-31,33,37,44-45,49,54-55,59,69-70H,1-2,12-14,19-24,29,32H2,3-9H3,(H,60,66)/t37-,44-,45-,49-,54-,55-/m0/s1. The number of aryl methyl sites for hydroxylation is 1. The van der Waals surface area contributed by atoms with Crippen LogP contribution in [0.25, 0.3) is 0 Å². The highest BCUT2D eigenvalue weighted by Gasteiger charge is 2.47. The highest BCUT2D eigenvalue weighted by atomic mass is 16.6. The quantitative estimate of drug-likeness (QED) is 0.0253. The molecule has 0 saturated carbocycles. The Morgan fingerprint density at radius 2 is 1.22 bits per heavy atom. The number of amides is 5. The molecule has 4 N–H and O–H groups in total. The number of rotatable bonds is 23. The van der Waals surface area contributed by atoms with Gasteiger partial charge in [0.05, 0.1) is 61.0 Å². The van der Waals surface area contributed by atoms with Crippen LogP contribution in [0.3, 0.4) is 0 Å². The second kappa shape index (κ2) is 26.1. The van der Waals surface area contributed by atoms with E-state index in [4.69, 9.17) is 28.4 Å². The van der Waals surface area contributed by atoms with Gasteiger partial charge in [-0.05, 0) is 94.5 Å². The first-order valence-electron chi connectivity index (χ1n) is 26.2. The summed E-state index contributed by atoms with van der Waals surface area (Å²) in [6.07, 6.45) is 3.91. The molecule has 0 unspecified atom stereocenters. The van der Waals surface area contributed by atoms with Crippen molar-refractivity contribution in [3.05, 3.63) is 125 Å². The summed E-state index contributed by atoms with van der Waals surface area (Å²) in [7, 11) is 1.43. The lowest BCUT2D eigenvalue weighted by molar-refractivity contribution is -0.154. The summed E-state index contributed by atoms with van der Waals surface area (Å²) >= 11 is 0. The summed E-state index contributed by atoms with van der Waals surface area (Å²) in [5.41, 5.74) is 4.30. The monoisotopic (exact) mass is 1090 g/mol. The Kier molecular flexibility index (Phi) is 19.4. The van der Waals surface area contributed by atoms with E-state index in [2.05, 4.69) is 23.8 Å². The van der Waals surface area contributed by atoms with Crippen LogP contribution in [-0.2, 0) is 41.7 Å². The molecular formula is C58H70N6O15. The number of ether oxygens (including phenoxy) is 6. The Balaban J connectivity index is 0.968. The summed E-state index contributed by atoms with van der Waals surface area (Å²) < 4.78 is 34.1. The van der Waals surface area contributed by atoms with Crippen LogP contribution in [0, 0.1) is 12.8 Å². The summed E-state index contributed by atoms with van der Waals surface area (Å²) in [6, 6.07) is 9.93. The Hall–Kier alpha value is -8.01. The molecule has 5 amide bonds. The zero-order valence-electron chi connectivity index (χ0n) is 45.7. The number of esters is 1. The maximum atomic E-state index is 14.2. The van der Waals surface area contributed by atoms with Crippen LogP contribution in [0.15, 0.2) is 97.4 Å². The molecule has 6 atom stereocenters. The fourth-order valence-corrected chi connectivity index (χ4v) is 9.68. The van der Waals surface area contributed by atoms with Crippen LogP contribution in [0.1, 0.15) is 104 Å². The van der Waals surface area contributed by atoms with E-state index >= 15 is 0 Å². The van der Waals surface area contributed by atoms with Gasteiger partial charge in [-0.2, -0.15) is 0 Å².